The number of nitrogens with zero attached hydrogens (tertiary/aromatic N) is 4. The number of hydrogen-bond acceptors (Lipinski definition) is 7. The molecule has 0 saturated carbocycles. The normalized spacial score (nSPS) is 10.9. The van der Waals surface area contributed by atoms with Gasteiger partial charge in [0.05, 0.1) is 36.6 Å². The predicted octanol–water partition coefficient (Wildman–Crippen LogP) is 3.55. The van der Waals surface area contributed by atoms with E-state index in [1.54, 1.807) is 12.4 Å². The van der Waals surface area contributed by atoms with E-state index in [1.165, 1.54) is 22.8 Å². The summed E-state index contributed by atoms with van der Waals surface area (Å²) in [5, 5.41) is 9.25. The number of hydrogen-bond donors (Lipinski definition) is 1. The molecule has 2 aromatic heterocycles. The molecular formula is C24H25ClN4O5. The van der Waals surface area contributed by atoms with Crippen LogP contribution in [0.3, 0.4) is 0 Å². The van der Waals surface area contributed by atoms with Gasteiger partial charge in [-0.25, -0.2) is 19.6 Å². The lowest BCUT2D eigenvalue weighted by molar-refractivity contribution is 0.0697. The molecule has 9 nitrogen and oxygen atoms in total. The van der Waals surface area contributed by atoms with E-state index in [-0.39, 0.29) is 24.5 Å². The van der Waals surface area contributed by atoms with Crippen LogP contribution in [-0.2, 0) is 6.54 Å². The number of rotatable bonds is 9. The van der Waals surface area contributed by atoms with Gasteiger partial charge in [-0.15, -0.1) is 12.4 Å². The fourth-order valence-electron chi connectivity index (χ4n) is 3.45. The van der Waals surface area contributed by atoms with Crippen LogP contribution in [0.25, 0.3) is 22.5 Å². The van der Waals surface area contributed by atoms with Crippen molar-refractivity contribution < 1.29 is 19.1 Å². The third-order valence-corrected chi connectivity index (χ3v) is 5.09. The van der Waals surface area contributed by atoms with E-state index in [1.807, 2.05) is 38.4 Å². The Balaban J connectivity index is 0.00000324. The van der Waals surface area contributed by atoms with Gasteiger partial charge < -0.3 is 19.2 Å². The molecule has 0 aliphatic heterocycles. The fraction of sp³-hybridized carbons (Fsp3) is 0.250. The molecule has 4 rings (SSSR count). The molecule has 0 aliphatic carbocycles. The van der Waals surface area contributed by atoms with Gasteiger partial charge in [0.1, 0.15) is 0 Å². The summed E-state index contributed by atoms with van der Waals surface area (Å²) in [5.74, 6) is -0.472. The Morgan fingerprint density at radius 3 is 2.62 bits per heavy atom. The highest BCUT2D eigenvalue weighted by Crippen LogP contribution is 2.21. The monoisotopic (exact) mass is 484 g/mol. The smallest absolute Gasteiger partial charge is 0.420 e. The number of oxazole rings is 1. The lowest BCUT2D eigenvalue weighted by Gasteiger charge is -2.10. The van der Waals surface area contributed by atoms with Crippen molar-refractivity contribution in [2.24, 2.45) is 0 Å². The van der Waals surface area contributed by atoms with E-state index in [4.69, 9.17) is 9.15 Å². The van der Waals surface area contributed by atoms with Gasteiger partial charge in [0, 0.05) is 12.1 Å². The number of carboxylic acid groups (broad SMARTS) is 1. The topological polar surface area (TPSA) is 111 Å². The van der Waals surface area contributed by atoms with Gasteiger partial charge in [0.25, 0.3) is 0 Å². The lowest BCUT2D eigenvalue weighted by atomic mass is 10.1. The van der Waals surface area contributed by atoms with Crippen LogP contribution >= 0.6 is 12.4 Å². The van der Waals surface area contributed by atoms with E-state index < -0.39 is 11.7 Å². The molecule has 0 saturated heterocycles. The van der Waals surface area contributed by atoms with E-state index in [2.05, 4.69) is 14.9 Å². The number of benzene rings is 2. The summed E-state index contributed by atoms with van der Waals surface area (Å²) in [4.78, 5) is 34.6. The van der Waals surface area contributed by atoms with Crippen LogP contribution in [0.5, 0.6) is 5.75 Å². The first kappa shape index (κ1) is 24.9. The number of carbonyl (C=O) groups is 1. The minimum atomic E-state index is -1.07. The number of halogens is 1. The zero-order valence-electron chi connectivity index (χ0n) is 18.8. The van der Waals surface area contributed by atoms with Crippen LogP contribution < -0.4 is 10.5 Å². The molecule has 34 heavy (non-hydrogen) atoms. The molecule has 0 bridgehead atoms. The van der Waals surface area contributed by atoms with Gasteiger partial charge in [-0.2, -0.15) is 0 Å². The molecule has 0 radical (unpaired) electrons. The Morgan fingerprint density at radius 1 is 1.15 bits per heavy atom. The highest BCUT2D eigenvalue weighted by molar-refractivity contribution is 5.92. The second-order valence-corrected chi connectivity index (χ2v) is 7.89. The van der Waals surface area contributed by atoms with Crippen molar-refractivity contribution in [2.75, 3.05) is 27.2 Å². The molecule has 0 fully saturated rings. The van der Waals surface area contributed by atoms with Gasteiger partial charge in [-0.05, 0) is 50.3 Å². The van der Waals surface area contributed by atoms with Gasteiger partial charge in [-0.3, -0.25) is 4.57 Å². The summed E-state index contributed by atoms with van der Waals surface area (Å²) in [5.41, 5.74) is 2.47. The first-order chi connectivity index (χ1) is 15.9. The number of aromatic nitrogens is 3. The molecule has 2 aromatic carbocycles. The molecule has 1 N–H and O–H groups in total. The standard InChI is InChI=1S/C24H24N4O5.ClH/c1-27(2)9-4-10-32-19-13-25-22(26-14-19)17-6-3-5-16(11-17)15-28-20-12-18(23(29)30)7-8-21(20)33-24(28)31;/h3,5-8,11-14H,4,9-10,15H2,1-2H3,(H,29,30);1H. The molecule has 4 aromatic rings. The maximum Gasteiger partial charge on any atom is 0.420 e. The Morgan fingerprint density at radius 2 is 1.91 bits per heavy atom. The molecule has 10 heteroatoms. The summed E-state index contributed by atoms with van der Waals surface area (Å²) in [6, 6.07) is 11.8. The van der Waals surface area contributed by atoms with Crippen molar-refractivity contribution in [2.45, 2.75) is 13.0 Å². The Bertz CT molecular complexity index is 1330. The molecule has 178 valence electrons. The van der Waals surface area contributed by atoms with E-state index in [0.29, 0.717) is 29.3 Å². The summed E-state index contributed by atoms with van der Waals surface area (Å²) in [6.45, 7) is 1.75. The van der Waals surface area contributed by atoms with Crippen LogP contribution in [0.15, 0.2) is 64.1 Å². The van der Waals surface area contributed by atoms with Crippen LogP contribution in [0.2, 0.25) is 0 Å². The van der Waals surface area contributed by atoms with Gasteiger partial charge in [0.15, 0.2) is 17.2 Å². The number of carboxylic acids is 1. The van der Waals surface area contributed by atoms with E-state index in [0.717, 1.165) is 24.1 Å². The summed E-state index contributed by atoms with van der Waals surface area (Å²) >= 11 is 0. The Kier molecular flexibility index (Phi) is 8.04. The summed E-state index contributed by atoms with van der Waals surface area (Å²) in [7, 11) is 4.04. The van der Waals surface area contributed by atoms with Crippen LogP contribution in [0.4, 0.5) is 0 Å². The number of ether oxygens (including phenoxy) is 1. The summed E-state index contributed by atoms with van der Waals surface area (Å²) < 4.78 is 12.3. The van der Waals surface area contributed by atoms with Crippen molar-refractivity contribution >= 4 is 29.5 Å². The minimum absolute atomic E-state index is 0. The highest BCUT2D eigenvalue weighted by atomic mass is 35.5. The first-order valence-electron chi connectivity index (χ1n) is 10.5. The van der Waals surface area contributed by atoms with E-state index in [9.17, 15) is 14.7 Å². The first-order valence-corrected chi connectivity index (χ1v) is 10.5. The maximum absolute atomic E-state index is 12.4. The Hall–Kier alpha value is -3.69. The quantitative estimate of drug-likeness (QED) is 0.359. The average Bonchev–Trinajstić information content (AvgIpc) is 3.11. The van der Waals surface area contributed by atoms with Crippen LogP contribution in [0, 0.1) is 0 Å². The molecular weight excluding hydrogens is 460 g/mol. The van der Waals surface area contributed by atoms with Gasteiger partial charge >= 0.3 is 11.7 Å². The Labute approximate surface area is 202 Å². The number of aromatic carboxylic acids is 1. The highest BCUT2D eigenvalue weighted by Gasteiger charge is 2.13. The van der Waals surface area contributed by atoms with Crippen molar-refractivity contribution in [3.8, 4) is 17.1 Å². The van der Waals surface area contributed by atoms with Gasteiger partial charge in [0.2, 0.25) is 0 Å². The molecule has 0 aliphatic rings. The lowest BCUT2D eigenvalue weighted by Crippen LogP contribution is -2.15. The second-order valence-electron chi connectivity index (χ2n) is 7.89. The van der Waals surface area contributed by atoms with Gasteiger partial charge in [-0.1, -0.05) is 18.2 Å². The zero-order valence-corrected chi connectivity index (χ0v) is 19.6. The van der Waals surface area contributed by atoms with Crippen molar-refractivity contribution in [1.29, 1.82) is 0 Å². The molecule has 0 atom stereocenters. The predicted molar refractivity (Wildman–Crippen MR) is 130 cm³/mol. The third kappa shape index (κ3) is 5.81. The molecule has 2 heterocycles. The minimum Gasteiger partial charge on any atom is -0.490 e. The SMILES string of the molecule is CN(C)CCCOc1cnc(-c2cccc(Cn3c(=O)oc4ccc(C(=O)O)cc43)c2)nc1.Cl. The molecule has 0 spiro atoms. The largest absolute Gasteiger partial charge is 0.490 e. The van der Waals surface area contributed by atoms with Crippen LogP contribution in [-0.4, -0.2) is 57.8 Å². The molecule has 0 unspecified atom stereocenters. The summed E-state index contributed by atoms with van der Waals surface area (Å²) in [6.07, 6.45) is 4.20. The van der Waals surface area contributed by atoms with Crippen molar-refractivity contribution in [1.82, 2.24) is 19.4 Å². The van der Waals surface area contributed by atoms with Crippen molar-refractivity contribution in [3.63, 3.8) is 0 Å². The zero-order chi connectivity index (χ0) is 23.4. The molecule has 0 amide bonds. The fourth-order valence-corrected chi connectivity index (χ4v) is 3.45. The van der Waals surface area contributed by atoms with Crippen LogP contribution in [0.1, 0.15) is 22.3 Å². The number of fused-ring (bicyclic) bond motifs is 1. The van der Waals surface area contributed by atoms with E-state index >= 15 is 0 Å². The third-order valence-electron chi connectivity index (χ3n) is 5.09. The average molecular weight is 485 g/mol. The van der Waals surface area contributed by atoms with Crippen molar-refractivity contribution in [3.05, 3.63) is 76.5 Å². The second kappa shape index (κ2) is 11.0. The maximum atomic E-state index is 12.4.